The zero-order valence-corrected chi connectivity index (χ0v) is 15.2. The Labute approximate surface area is 154 Å². The summed E-state index contributed by atoms with van der Waals surface area (Å²) in [5.41, 5.74) is 2.61. The summed E-state index contributed by atoms with van der Waals surface area (Å²) in [6, 6.07) is 12.0. The molecular formula is C19H16IN3O. The molecule has 0 N–H and O–H groups in total. The van der Waals surface area contributed by atoms with Gasteiger partial charge in [-0.2, -0.15) is 5.10 Å². The van der Waals surface area contributed by atoms with Gasteiger partial charge < -0.3 is 4.74 Å². The van der Waals surface area contributed by atoms with Crippen LogP contribution in [-0.2, 0) is 4.74 Å². The molecule has 0 spiro atoms. The number of hydrogen-bond acceptors (Lipinski definition) is 3. The summed E-state index contributed by atoms with van der Waals surface area (Å²) in [4.78, 5) is 4.25. The van der Waals surface area contributed by atoms with Crippen LogP contribution in [0.25, 0.3) is 10.9 Å². The molecule has 0 bridgehead atoms. The maximum atomic E-state index is 5.93. The monoisotopic (exact) mass is 429 g/mol. The van der Waals surface area contributed by atoms with E-state index in [1.807, 2.05) is 22.9 Å². The third-order valence-corrected chi connectivity index (χ3v) is 4.74. The largest absolute Gasteiger partial charge is 0.356 e. The van der Waals surface area contributed by atoms with Crippen molar-refractivity contribution in [3.63, 3.8) is 0 Å². The molecule has 3 heterocycles. The van der Waals surface area contributed by atoms with Gasteiger partial charge in [0, 0.05) is 21.8 Å². The lowest BCUT2D eigenvalue weighted by atomic mass is 10.1. The van der Waals surface area contributed by atoms with E-state index in [1.165, 1.54) is 9.99 Å². The van der Waals surface area contributed by atoms with Gasteiger partial charge in [-0.05, 0) is 84.0 Å². The number of rotatable bonds is 1. The number of pyridine rings is 1. The summed E-state index contributed by atoms with van der Waals surface area (Å²) < 4.78 is 9.11. The van der Waals surface area contributed by atoms with Gasteiger partial charge >= 0.3 is 0 Å². The van der Waals surface area contributed by atoms with E-state index in [-0.39, 0.29) is 6.23 Å². The molecule has 5 heteroatoms. The first-order valence-electron chi connectivity index (χ1n) is 8.04. The van der Waals surface area contributed by atoms with E-state index < -0.39 is 0 Å². The van der Waals surface area contributed by atoms with Crippen molar-refractivity contribution in [3.8, 4) is 11.8 Å². The highest BCUT2D eigenvalue weighted by molar-refractivity contribution is 14.1. The molecule has 1 unspecified atom stereocenters. The molecule has 2 aromatic heterocycles. The normalized spacial score (nSPS) is 17.5. The zero-order valence-electron chi connectivity index (χ0n) is 13.1. The summed E-state index contributed by atoms with van der Waals surface area (Å²) in [7, 11) is 0. The van der Waals surface area contributed by atoms with Gasteiger partial charge in [-0.15, -0.1) is 0 Å². The Hall–Kier alpha value is -1.91. The zero-order chi connectivity index (χ0) is 16.4. The van der Waals surface area contributed by atoms with Crippen LogP contribution >= 0.6 is 22.6 Å². The van der Waals surface area contributed by atoms with Gasteiger partial charge in [0.2, 0.25) is 0 Å². The third-order valence-electron chi connectivity index (χ3n) is 4.07. The van der Waals surface area contributed by atoms with Crippen LogP contribution in [0.5, 0.6) is 0 Å². The van der Waals surface area contributed by atoms with Crippen molar-refractivity contribution >= 4 is 33.5 Å². The lowest BCUT2D eigenvalue weighted by molar-refractivity contribution is -0.0367. The van der Waals surface area contributed by atoms with Crippen molar-refractivity contribution in [3.05, 3.63) is 57.6 Å². The quantitative estimate of drug-likeness (QED) is 0.432. The van der Waals surface area contributed by atoms with Crippen LogP contribution in [-0.4, -0.2) is 21.4 Å². The van der Waals surface area contributed by atoms with Gasteiger partial charge in [-0.25, -0.2) is 9.67 Å². The molecule has 1 fully saturated rings. The molecule has 120 valence electrons. The van der Waals surface area contributed by atoms with Crippen LogP contribution in [0.1, 0.15) is 36.9 Å². The fourth-order valence-corrected chi connectivity index (χ4v) is 3.37. The Balaban J connectivity index is 1.80. The average Bonchev–Trinajstić information content (AvgIpc) is 2.99. The Bertz CT molecular complexity index is 918. The fourth-order valence-electron chi connectivity index (χ4n) is 2.90. The SMILES string of the molecule is Ic1ccc2c(C#Cc3ccccn3)nn(C3CCCCO3)c2c1. The van der Waals surface area contributed by atoms with Crippen LogP contribution < -0.4 is 0 Å². The molecule has 4 rings (SSSR count). The number of aromatic nitrogens is 3. The third kappa shape index (κ3) is 3.17. The first kappa shape index (κ1) is 15.6. The predicted molar refractivity (Wildman–Crippen MR) is 102 cm³/mol. The van der Waals surface area contributed by atoms with Crippen molar-refractivity contribution < 1.29 is 4.74 Å². The highest BCUT2D eigenvalue weighted by atomic mass is 127. The molecular weight excluding hydrogens is 413 g/mol. The van der Waals surface area contributed by atoms with Crippen LogP contribution in [0.2, 0.25) is 0 Å². The summed E-state index contributed by atoms with van der Waals surface area (Å²) in [6.45, 7) is 0.797. The second kappa shape index (κ2) is 6.91. The number of hydrogen-bond donors (Lipinski definition) is 0. The predicted octanol–water partition coefficient (Wildman–Crippen LogP) is 4.13. The van der Waals surface area contributed by atoms with Crippen LogP contribution in [0, 0.1) is 15.4 Å². The molecule has 1 aliphatic heterocycles. The van der Waals surface area contributed by atoms with Crippen molar-refractivity contribution in [2.75, 3.05) is 6.61 Å². The number of nitrogens with zero attached hydrogens (tertiary/aromatic N) is 3. The minimum absolute atomic E-state index is 0.00449. The molecule has 0 saturated carbocycles. The first-order chi connectivity index (χ1) is 11.8. The second-order valence-corrected chi connectivity index (χ2v) is 6.99. The van der Waals surface area contributed by atoms with E-state index in [0.29, 0.717) is 0 Å². The second-order valence-electron chi connectivity index (χ2n) is 5.74. The lowest BCUT2D eigenvalue weighted by Crippen LogP contribution is -2.19. The van der Waals surface area contributed by atoms with E-state index in [2.05, 4.69) is 57.6 Å². The molecule has 0 radical (unpaired) electrons. The number of benzene rings is 1. The minimum Gasteiger partial charge on any atom is -0.356 e. The summed E-state index contributed by atoms with van der Waals surface area (Å²) in [5, 5.41) is 5.82. The topological polar surface area (TPSA) is 39.9 Å². The van der Waals surface area contributed by atoms with Gasteiger partial charge in [0.05, 0.1) is 5.52 Å². The average molecular weight is 429 g/mol. The number of ether oxygens (including phenoxy) is 1. The highest BCUT2D eigenvalue weighted by Gasteiger charge is 2.20. The van der Waals surface area contributed by atoms with E-state index in [9.17, 15) is 0 Å². The Kier molecular flexibility index (Phi) is 4.50. The maximum absolute atomic E-state index is 5.93. The van der Waals surface area contributed by atoms with Crippen LogP contribution in [0.3, 0.4) is 0 Å². The Morgan fingerprint density at radius 3 is 2.92 bits per heavy atom. The van der Waals surface area contributed by atoms with E-state index in [4.69, 9.17) is 9.84 Å². The van der Waals surface area contributed by atoms with E-state index >= 15 is 0 Å². The van der Waals surface area contributed by atoms with Crippen LogP contribution in [0.4, 0.5) is 0 Å². The molecule has 4 nitrogen and oxygen atoms in total. The standard InChI is InChI=1S/C19H16IN3O/c20-14-7-9-16-17(10-8-15-5-1-3-11-21-15)22-23(18(16)13-14)19-6-2-4-12-24-19/h1,3,5,7,9,11,13,19H,2,4,6,12H2. The number of fused-ring (bicyclic) bond motifs is 1. The molecule has 1 aliphatic rings. The Morgan fingerprint density at radius 1 is 1.17 bits per heavy atom. The van der Waals surface area contributed by atoms with E-state index in [1.54, 1.807) is 6.20 Å². The first-order valence-corrected chi connectivity index (χ1v) is 9.11. The molecule has 3 aromatic rings. The Morgan fingerprint density at radius 2 is 2.12 bits per heavy atom. The number of halogens is 1. The summed E-state index contributed by atoms with van der Waals surface area (Å²) in [5.74, 6) is 6.28. The van der Waals surface area contributed by atoms with Crippen LogP contribution in [0.15, 0.2) is 42.6 Å². The van der Waals surface area contributed by atoms with Crippen molar-refractivity contribution in [1.82, 2.24) is 14.8 Å². The van der Waals surface area contributed by atoms with Gasteiger partial charge in [0.1, 0.15) is 11.4 Å². The molecule has 0 amide bonds. The smallest absolute Gasteiger partial charge is 0.150 e. The highest BCUT2D eigenvalue weighted by Crippen LogP contribution is 2.28. The van der Waals surface area contributed by atoms with E-state index in [0.717, 1.165) is 41.7 Å². The van der Waals surface area contributed by atoms with Gasteiger partial charge in [0.15, 0.2) is 6.23 Å². The molecule has 1 aromatic carbocycles. The van der Waals surface area contributed by atoms with Crippen molar-refractivity contribution in [2.24, 2.45) is 0 Å². The summed E-state index contributed by atoms with van der Waals surface area (Å²) in [6.07, 6.45) is 5.04. The minimum atomic E-state index is 0.00449. The van der Waals surface area contributed by atoms with Gasteiger partial charge in [-0.3, -0.25) is 0 Å². The molecule has 0 aliphatic carbocycles. The molecule has 1 atom stereocenters. The maximum Gasteiger partial charge on any atom is 0.150 e. The summed E-state index contributed by atoms with van der Waals surface area (Å²) >= 11 is 2.33. The lowest BCUT2D eigenvalue weighted by Gasteiger charge is -2.23. The molecule has 1 saturated heterocycles. The van der Waals surface area contributed by atoms with Gasteiger partial charge in [-0.1, -0.05) is 6.07 Å². The van der Waals surface area contributed by atoms with Gasteiger partial charge in [0.25, 0.3) is 0 Å². The molecule has 24 heavy (non-hydrogen) atoms. The van der Waals surface area contributed by atoms with Crippen molar-refractivity contribution in [1.29, 1.82) is 0 Å². The van der Waals surface area contributed by atoms with Crippen molar-refractivity contribution in [2.45, 2.75) is 25.5 Å². The fraction of sp³-hybridized carbons (Fsp3) is 0.263.